The number of nitrogens with zero attached hydrogens (tertiary/aromatic N) is 2. The van der Waals surface area contributed by atoms with E-state index in [1.165, 1.54) is 17.7 Å². The van der Waals surface area contributed by atoms with Crippen LogP contribution in [-0.4, -0.2) is 44.7 Å². The molecule has 94 valence electrons. The number of fused-ring (bicyclic) bond motifs is 1. The average molecular weight is 233 g/mol. The minimum Gasteiger partial charge on any atom is -0.370 e. The van der Waals surface area contributed by atoms with Crippen LogP contribution < -0.4 is 10.6 Å². The highest BCUT2D eigenvalue weighted by molar-refractivity contribution is 5.56. The van der Waals surface area contributed by atoms with Crippen LogP contribution in [0.1, 0.15) is 12.0 Å². The van der Waals surface area contributed by atoms with Gasteiger partial charge in [-0.1, -0.05) is 18.2 Å². The van der Waals surface area contributed by atoms with Crippen molar-refractivity contribution >= 4 is 5.69 Å². The van der Waals surface area contributed by atoms with Crippen molar-refractivity contribution < 1.29 is 0 Å². The number of benzene rings is 1. The highest BCUT2D eigenvalue weighted by Gasteiger charge is 2.20. The van der Waals surface area contributed by atoms with Crippen molar-refractivity contribution in [3.63, 3.8) is 0 Å². The van der Waals surface area contributed by atoms with Gasteiger partial charge in [0.25, 0.3) is 0 Å². The minimum atomic E-state index is 0.282. The summed E-state index contributed by atoms with van der Waals surface area (Å²) in [5.41, 5.74) is 8.90. The normalized spacial score (nSPS) is 19.5. The van der Waals surface area contributed by atoms with Crippen LogP contribution in [0.2, 0.25) is 0 Å². The maximum atomic E-state index is 6.12. The molecule has 0 saturated heterocycles. The Kier molecular flexibility index (Phi) is 4.02. The van der Waals surface area contributed by atoms with Crippen molar-refractivity contribution in [3.05, 3.63) is 29.8 Å². The van der Waals surface area contributed by atoms with Gasteiger partial charge in [0.15, 0.2) is 0 Å². The smallest absolute Gasteiger partial charge is 0.0399 e. The molecule has 17 heavy (non-hydrogen) atoms. The number of anilines is 1. The van der Waals surface area contributed by atoms with Crippen molar-refractivity contribution in [2.24, 2.45) is 5.73 Å². The number of rotatable bonds is 4. The summed E-state index contributed by atoms with van der Waals surface area (Å²) in [6.45, 7) is 3.22. The van der Waals surface area contributed by atoms with E-state index < -0.39 is 0 Å². The van der Waals surface area contributed by atoms with E-state index in [9.17, 15) is 0 Å². The second-order valence-electron chi connectivity index (χ2n) is 5.20. The Morgan fingerprint density at radius 1 is 1.35 bits per heavy atom. The van der Waals surface area contributed by atoms with E-state index in [1.807, 2.05) is 0 Å². The van der Waals surface area contributed by atoms with Crippen LogP contribution in [0.15, 0.2) is 24.3 Å². The molecule has 3 heteroatoms. The van der Waals surface area contributed by atoms with Gasteiger partial charge in [-0.3, -0.25) is 0 Å². The molecule has 0 amide bonds. The molecule has 0 aliphatic carbocycles. The van der Waals surface area contributed by atoms with E-state index in [0.29, 0.717) is 0 Å². The van der Waals surface area contributed by atoms with Gasteiger partial charge in [0.05, 0.1) is 0 Å². The molecule has 1 aliphatic rings. The van der Waals surface area contributed by atoms with Crippen LogP contribution in [0.5, 0.6) is 0 Å². The topological polar surface area (TPSA) is 32.5 Å². The van der Waals surface area contributed by atoms with Crippen LogP contribution in [0, 0.1) is 0 Å². The molecule has 0 radical (unpaired) electrons. The largest absolute Gasteiger partial charge is 0.370 e. The molecule has 0 aromatic heterocycles. The third-order valence-electron chi connectivity index (χ3n) is 3.30. The molecule has 0 fully saturated rings. The van der Waals surface area contributed by atoms with E-state index >= 15 is 0 Å². The van der Waals surface area contributed by atoms with Crippen LogP contribution in [0.4, 0.5) is 5.69 Å². The molecule has 1 aliphatic heterocycles. The zero-order valence-corrected chi connectivity index (χ0v) is 10.9. The molecule has 1 atom stereocenters. The second kappa shape index (κ2) is 5.52. The maximum absolute atomic E-state index is 6.12. The Balaban J connectivity index is 2.02. The van der Waals surface area contributed by atoms with Gasteiger partial charge in [0.1, 0.15) is 0 Å². The monoisotopic (exact) mass is 233 g/mol. The van der Waals surface area contributed by atoms with E-state index in [0.717, 1.165) is 26.1 Å². The lowest BCUT2D eigenvalue weighted by atomic mass is 9.98. The first-order chi connectivity index (χ1) is 8.16. The van der Waals surface area contributed by atoms with Gasteiger partial charge in [0, 0.05) is 24.8 Å². The molecular formula is C14H23N3. The summed E-state index contributed by atoms with van der Waals surface area (Å²) in [5.74, 6) is 0. The standard InChI is InChI=1S/C14H23N3/c1-16(2)8-5-9-17-11-13(15)10-12-6-3-4-7-14(12)17/h3-4,6-7,13H,5,8-11,15H2,1-2H3. The SMILES string of the molecule is CN(C)CCCN1CC(N)Cc2ccccc21. The molecule has 0 spiro atoms. The quantitative estimate of drug-likeness (QED) is 0.851. The summed E-state index contributed by atoms with van der Waals surface area (Å²) in [4.78, 5) is 4.67. The van der Waals surface area contributed by atoms with Crippen LogP contribution >= 0.6 is 0 Å². The van der Waals surface area contributed by atoms with Crippen molar-refractivity contribution in [2.75, 3.05) is 38.6 Å². The third kappa shape index (κ3) is 3.20. The van der Waals surface area contributed by atoms with Gasteiger partial charge < -0.3 is 15.5 Å². The summed E-state index contributed by atoms with van der Waals surface area (Å²) < 4.78 is 0. The summed E-state index contributed by atoms with van der Waals surface area (Å²) in [6, 6.07) is 8.93. The van der Waals surface area contributed by atoms with Gasteiger partial charge in [-0.15, -0.1) is 0 Å². The van der Waals surface area contributed by atoms with Crippen molar-refractivity contribution in [2.45, 2.75) is 18.9 Å². The highest BCUT2D eigenvalue weighted by atomic mass is 15.2. The van der Waals surface area contributed by atoms with Gasteiger partial charge in [0.2, 0.25) is 0 Å². The number of hydrogen-bond donors (Lipinski definition) is 1. The molecule has 1 aromatic rings. The number of hydrogen-bond acceptors (Lipinski definition) is 3. The summed E-state index contributed by atoms with van der Waals surface area (Å²) in [5, 5.41) is 0. The fraction of sp³-hybridized carbons (Fsp3) is 0.571. The van der Waals surface area contributed by atoms with Gasteiger partial charge in [-0.05, 0) is 45.1 Å². The van der Waals surface area contributed by atoms with Crippen molar-refractivity contribution in [3.8, 4) is 0 Å². The van der Waals surface area contributed by atoms with Gasteiger partial charge in [-0.2, -0.15) is 0 Å². The Hall–Kier alpha value is -1.06. The van der Waals surface area contributed by atoms with E-state index in [2.05, 4.69) is 48.2 Å². The van der Waals surface area contributed by atoms with Crippen LogP contribution in [-0.2, 0) is 6.42 Å². The zero-order chi connectivity index (χ0) is 12.3. The summed E-state index contributed by atoms with van der Waals surface area (Å²) in [7, 11) is 4.24. The van der Waals surface area contributed by atoms with E-state index in [1.54, 1.807) is 0 Å². The zero-order valence-electron chi connectivity index (χ0n) is 10.9. The second-order valence-corrected chi connectivity index (χ2v) is 5.20. The lowest BCUT2D eigenvalue weighted by Crippen LogP contribution is -2.44. The van der Waals surface area contributed by atoms with E-state index in [-0.39, 0.29) is 6.04 Å². The Morgan fingerprint density at radius 3 is 2.88 bits per heavy atom. The Morgan fingerprint density at radius 2 is 2.12 bits per heavy atom. The maximum Gasteiger partial charge on any atom is 0.0399 e. The first-order valence-electron chi connectivity index (χ1n) is 6.40. The lowest BCUT2D eigenvalue weighted by Gasteiger charge is -2.35. The van der Waals surface area contributed by atoms with Crippen molar-refractivity contribution in [1.82, 2.24) is 4.90 Å². The predicted octanol–water partition coefficient (Wildman–Crippen LogP) is 1.33. The average Bonchev–Trinajstić information content (AvgIpc) is 2.28. The van der Waals surface area contributed by atoms with Crippen molar-refractivity contribution in [1.29, 1.82) is 0 Å². The number of nitrogens with two attached hydrogens (primary N) is 1. The molecule has 0 saturated carbocycles. The van der Waals surface area contributed by atoms with Gasteiger partial charge in [-0.25, -0.2) is 0 Å². The summed E-state index contributed by atoms with van der Waals surface area (Å²) >= 11 is 0. The third-order valence-corrected chi connectivity index (χ3v) is 3.30. The molecule has 0 bridgehead atoms. The lowest BCUT2D eigenvalue weighted by molar-refractivity contribution is 0.398. The molecule has 1 aromatic carbocycles. The fourth-order valence-corrected chi connectivity index (χ4v) is 2.51. The van der Waals surface area contributed by atoms with Crippen LogP contribution in [0.25, 0.3) is 0 Å². The number of para-hydroxylation sites is 1. The van der Waals surface area contributed by atoms with Gasteiger partial charge >= 0.3 is 0 Å². The fourth-order valence-electron chi connectivity index (χ4n) is 2.51. The minimum absolute atomic E-state index is 0.282. The molecule has 2 rings (SSSR count). The molecule has 3 nitrogen and oxygen atoms in total. The summed E-state index contributed by atoms with van der Waals surface area (Å²) in [6.07, 6.45) is 2.20. The first kappa shape index (κ1) is 12.4. The molecule has 2 N–H and O–H groups in total. The first-order valence-corrected chi connectivity index (χ1v) is 6.40. The highest BCUT2D eigenvalue weighted by Crippen LogP contribution is 2.26. The molecular weight excluding hydrogens is 210 g/mol. The predicted molar refractivity (Wildman–Crippen MR) is 73.5 cm³/mol. The van der Waals surface area contributed by atoms with E-state index in [4.69, 9.17) is 5.73 Å². The molecule has 1 heterocycles. The molecule has 1 unspecified atom stereocenters. The Labute approximate surface area is 104 Å². The Bertz CT molecular complexity index is 362. The van der Waals surface area contributed by atoms with Crippen LogP contribution in [0.3, 0.4) is 0 Å².